The van der Waals surface area contributed by atoms with Gasteiger partial charge in [0.2, 0.25) is 0 Å². The van der Waals surface area contributed by atoms with Crippen LogP contribution in [0, 0.1) is 5.92 Å². The first-order chi connectivity index (χ1) is 7.25. The molecule has 1 saturated heterocycles. The molecule has 1 fully saturated rings. The van der Waals surface area contributed by atoms with Crippen molar-refractivity contribution in [1.29, 1.82) is 0 Å². The smallest absolute Gasteiger partial charge is 0.0693 e. The average molecular weight is 206 g/mol. The SMILES string of the molecule is CC1CCN(Cc2ccncc2)CC1O. The van der Waals surface area contributed by atoms with Gasteiger partial charge in [0.25, 0.3) is 0 Å². The van der Waals surface area contributed by atoms with Crippen LogP contribution in [0.3, 0.4) is 0 Å². The van der Waals surface area contributed by atoms with Gasteiger partial charge in [-0.1, -0.05) is 6.92 Å². The number of aliphatic hydroxyl groups excluding tert-OH is 1. The molecule has 15 heavy (non-hydrogen) atoms. The molecule has 1 aromatic rings. The van der Waals surface area contributed by atoms with E-state index in [1.54, 1.807) is 0 Å². The van der Waals surface area contributed by atoms with E-state index in [0.29, 0.717) is 5.92 Å². The number of likely N-dealkylation sites (tertiary alicyclic amines) is 1. The number of nitrogens with zero attached hydrogens (tertiary/aromatic N) is 2. The molecule has 0 saturated carbocycles. The van der Waals surface area contributed by atoms with Crippen molar-refractivity contribution in [3.63, 3.8) is 0 Å². The number of aliphatic hydroxyl groups is 1. The quantitative estimate of drug-likeness (QED) is 0.792. The molecule has 1 aromatic heterocycles. The zero-order chi connectivity index (χ0) is 10.7. The van der Waals surface area contributed by atoms with E-state index in [0.717, 1.165) is 26.1 Å². The van der Waals surface area contributed by atoms with Gasteiger partial charge in [-0.2, -0.15) is 0 Å². The fraction of sp³-hybridized carbons (Fsp3) is 0.583. The van der Waals surface area contributed by atoms with Gasteiger partial charge in [0.05, 0.1) is 6.10 Å². The standard InChI is InChI=1S/C12H18N2O/c1-10-4-7-14(9-12(10)15)8-11-2-5-13-6-3-11/h2-3,5-6,10,12,15H,4,7-9H2,1H3. The fourth-order valence-corrected chi connectivity index (χ4v) is 2.00. The first-order valence-electron chi connectivity index (χ1n) is 5.55. The predicted molar refractivity (Wildman–Crippen MR) is 59.3 cm³/mol. The Morgan fingerprint density at radius 3 is 2.87 bits per heavy atom. The third-order valence-corrected chi connectivity index (χ3v) is 3.16. The van der Waals surface area contributed by atoms with Crippen molar-refractivity contribution in [3.8, 4) is 0 Å². The number of β-amino-alcohol motifs (C(OH)–C–C–N with tert-alkyl or cyclic N) is 1. The Bertz CT molecular complexity index is 302. The van der Waals surface area contributed by atoms with Crippen molar-refractivity contribution >= 4 is 0 Å². The van der Waals surface area contributed by atoms with Crippen LogP contribution in [-0.2, 0) is 6.54 Å². The number of hydrogen-bond acceptors (Lipinski definition) is 3. The normalized spacial score (nSPS) is 27.9. The molecule has 2 heterocycles. The minimum Gasteiger partial charge on any atom is -0.392 e. The summed E-state index contributed by atoms with van der Waals surface area (Å²) in [4.78, 5) is 6.30. The Labute approximate surface area is 90.8 Å². The van der Waals surface area contributed by atoms with E-state index in [4.69, 9.17) is 0 Å². The highest BCUT2D eigenvalue weighted by Crippen LogP contribution is 2.18. The Balaban J connectivity index is 1.91. The molecule has 82 valence electrons. The maximum atomic E-state index is 9.77. The number of pyridine rings is 1. The van der Waals surface area contributed by atoms with Crippen molar-refractivity contribution in [2.24, 2.45) is 5.92 Å². The summed E-state index contributed by atoms with van der Waals surface area (Å²) in [6.07, 6.45) is 4.56. The highest BCUT2D eigenvalue weighted by Gasteiger charge is 2.23. The molecule has 0 radical (unpaired) electrons. The average Bonchev–Trinajstić information content (AvgIpc) is 2.25. The summed E-state index contributed by atoms with van der Waals surface area (Å²) in [5.41, 5.74) is 1.27. The van der Waals surface area contributed by atoms with Gasteiger partial charge in [0.15, 0.2) is 0 Å². The number of piperidine rings is 1. The molecule has 2 rings (SSSR count). The van der Waals surface area contributed by atoms with Crippen molar-refractivity contribution in [2.75, 3.05) is 13.1 Å². The van der Waals surface area contributed by atoms with Crippen molar-refractivity contribution in [3.05, 3.63) is 30.1 Å². The second-order valence-electron chi connectivity index (χ2n) is 4.42. The maximum absolute atomic E-state index is 9.77. The Hall–Kier alpha value is -0.930. The van der Waals surface area contributed by atoms with Crippen LogP contribution in [0.2, 0.25) is 0 Å². The molecule has 2 unspecified atom stereocenters. The van der Waals surface area contributed by atoms with Gasteiger partial charge >= 0.3 is 0 Å². The molecule has 2 atom stereocenters. The van der Waals surface area contributed by atoms with E-state index < -0.39 is 0 Å². The van der Waals surface area contributed by atoms with E-state index in [1.807, 2.05) is 24.5 Å². The minimum atomic E-state index is -0.166. The van der Waals surface area contributed by atoms with Crippen LogP contribution in [0.15, 0.2) is 24.5 Å². The summed E-state index contributed by atoms with van der Waals surface area (Å²) in [6, 6.07) is 4.06. The van der Waals surface area contributed by atoms with Crippen molar-refractivity contribution in [2.45, 2.75) is 26.0 Å². The lowest BCUT2D eigenvalue weighted by Crippen LogP contribution is -2.42. The maximum Gasteiger partial charge on any atom is 0.0693 e. The van der Waals surface area contributed by atoms with Crippen LogP contribution in [0.1, 0.15) is 18.9 Å². The summed E-state index contributed by atoms with van der Waals surface area (Å²) >= 11 is 0. The topological polar surface area (TPSA) is 36.4 Å². The van der Waals surface area contributed by atoms with E-state index in [9.17, 15) is 5.11 Å². The van der Waals surface area contributed by atoms with E-state index >= 15 is 0 Å². The first kappa shape index (κ1) is 10.6. The molecule has 1 aliphatic heterocycles. The predicted octanol–water partition coefficient (Wildman–Crippen LogP) is 1.28. The van der Waals surface area contributed by atoms with Crippen LogP contribution in [0.25, 0.3) is 0 Å². The zero-order valence-electron chi connectivity index (χ0n) is 9.13. The summed E-state index contributed by atoms with van der Waals surface area (Å²) in [5.74, 6) is 0.443. The van der Waals surface area contributed by atoms with Crippen LogP contribution in [0.5, 0.6) is 0 Å². The lowest BCUT2D eigenvalue weighted by atomic mass is 9.96. The molecule has 3 nitrogen and oxygen atoms in total. The van der Waals surface area contributed by atoms with Crippen LogP contribution < -0.4 is 0 Å². The van der Waals surface area contributed by atoms with E-state index in [1.165, 1.54) is 5.56 Å². The summed E-state index contributed by atoms with van der Waals surface area (Å²) < 4.78 is 0. The molecule has 0 spiro atoms. The second kappa shape index (κ2) is 4.73. The van der Waals surface area contributed by atoms with E-state index in [2.05, 4.69) is 16.8 Å². The van der Waals surface area contributed by atoms with Crippen molar-refractivity contribution in [1.82, 2.24) is 9.88 Å². The summed E-state index contributed by atoms with van der Waals surface area (Å²) in [6.45, 7) is 4.92. The van der Waals surface area contributed by atoms with Crippen LogP contribution in [0.4, 0.5) is 0 Å². The Morgan fingerprint density at radius 2 is 2.20 bits per heavy atom. The van der Waals surface area contributed by atoms with Gasteiger partial charge in [-0.25, -0.2) is 0 Å². The summed E-state index contributed by atoms with van der Waals surface area (Å²) in [7, 11) is 0. The molecule has 3 heteroatoms. The molecular formula is C12H18N2O. The summed E-state index contributed by atoms with van der Waals surface area (Å²) in [5, 5.41) is 9.77. The molecule has 0 aliphatic carbocycles. The Kier molecular flexibility index (Phi) is 3.34. The molecule has 1 aliphatic rings. The number of aromatic nitrogens is 1. The van der Waals surface area contributed by atoms with E-state index in [-0.39, 0.29) is 6.10 Å². The molecule has 0 bridgehead atoms. The largest absolute Gasteiger partial charge is 0.392 e. The third kappa shape index (κ3) is 2.76. The van der Waals surface area contributed by atoms with Gasteiger partial charge in [0, 0.05) is 25.5 Å². The van der Waals surface area contributed by atoms with Gasteiger partial charge in [-0.05, 0) is 36.6 Å². The molecule has 1 N–H and O–H groups in total. The van der Waals surface area contributed by atoms with Gasteiger partial charge in [0.1, 0.15) is 0 Å². The lowest BCUT2D eigenvalue weighted by Gasteiger charge is -2.34. The van der Waals surface area contributed by atoms with Gasteiger partial charge in [-0.3, -0.25) is 9.88 Å². The number of hydrogen-bond donors (Lipinski definition) is 1. The van der Waals surface area contributed by atoms with Gasteiger partial charge in [-0.15, -0.1) is 0 Å². The van der Waals surface area contributed by atoms with Crippen LogP contribution in [-0.4, -0.2) is 34.2 Å². The third-order valence-electron chi connectivity index (χ3n) is 3.16. The molecular weight excluding hydrogens is 188 g/mol. The van der Waals surface area contributed by atoms with Crippen molar-refractivity contribution < 1.29 is 5.11 Å². The Morgan fingerprint density at radius 1 is 1.47 bits per heavy atom. The highest BCUT2D eigenvalue weighted by atomic mass is 16.3. The zero-order valence-corrected chi connectivity index (χ0v) is 9.13. The first-order valence-corrected chi connectivity index (χ1v) is 5.55. The molecule has 0 aromatic carbocycles. The van der Waals surface area contributed by atoms with Crippen LogP contribution >= 0.6 is 0 Å². The number of rotatable bonds is 2. The monoisotopic (exact) mass is 206 g/mol. The second-order valence-corrected chi connectivity index (χ2v) is 4.42. The lowest BCUT2D eigenvalue weighted by molar-refractivity contribution is 0.0259. The molecule has 0 amide bonds. The fourth-order valence-electron chi connectivity index (χ4n) is 2.00. The highest BCUT2D eigenvalue weighted by molar-refractivity contribution is 5.09. The minimum absolute atomic E-state index is 0.166. The van der Waals surface area contributed by atoms with Gasteiger partial charge < -0.3 is 5.11 Å².